The molecule has 25 heavy (non-hydrogen) atoms. The quantitative estimate of drug-likeness (QED) is 0.782. The molecule has 0 spiro atoms. The molecule has 5 nitrogen and oxygen atoms in total. The van der Waals surface area contributed by atoms with Gasteiger partial charge in [-0.2, -0.15) is 0 Å². The summed E-state index contributed by atoms with van der Waals surface area (Å²) in [4.78, 5) is 24.2. The minimum Gasteiger partial charge on any atom is -0.351 e. The second-order valence-electron chi connectivity index (χ2n) is 6.03. The van der Waals surface area contributed by atoms with Crippen LogP contribution in [0.1, 0.15) is 28.8 Å². The molecule has 3 rings (SSSR count). The largest absolute Gasteiger partial charge is 0.351 e. The van der Waals surface area contributed by atoms with Gasteiger partial charge in [0.05, 0.1) is 6.04 Å². The second-order valence-corrected chi connectivity index (χ2v) is 6.03. The molecule has 0 saturated carbocycles. The molecule has 130 valence electrons. The van der Waals surface area contributed by atoms with Gasteiger partial charge < -0.3 is 16.0 Å². The van der Waals surface area contributed by atoms with Crippen molar-refractivity contribution < 1.29 is 14.0 Å². The van der Waals surface area contributed by atoms with Gasteiger partial charge in [-0.05, 0) is 55.3 Å². The average molecular weight is 341 g/mol. The monoisotopic (exact) mass is 341 g/mol. The van der Waals surface area contributed by atoms with Gasteiger partial charge in [0, 0.05) is 17.8 Å². The normalized spacial score (nSPS) is 16.4. The maximum absolute atomic E-state index is 13.2. The van der Waals surface area contributed by atoms with Crippen LogP contribution in [0, 0.1) is 5.82 Å². The van der Waals surface area contributed by atoms with Gasteiger partial charge in [0.2, 0.25) is 5.91 Å². The molecule has 2 amide bonds. The summed E-state index contributed by atoms with van der Waals surface area (Å²) in [7, 11) is 0. The minimum absolute atomic E-state index is 0.00769. The van der Waals surface area contributed by atoms with E-state index in [1.807, 2.05) is 6.07 Å². The van der Waals surface area contributed by atoms with Crippen LogP contribution in [-0.4, -0.2) is 24.4 Å². The lowest BCUT2D eigenvalue weighted by atomic mass is 10.1. The van der Waals surface area contributed by atoms with Crippen LogP contribution in [-0.2, 0) is 11.3 Å². The molecule has 0 aromatic heterocycles. The first-order valence-corrected chi connectivity index (χ1v) is 8.29. The summed E-state index contributed by atoms with van der Waals surface area (Å²) in [5.41, 5.74) is 1.73. The summed E-state index contributed by atoms with van der Waals surface area (Å²) < 4.78 is 13.2. The highest BCUT2D eigenvalue weighted by molar-refractivity contribution is 6.04. The van der Waals surface area contributed by atoms with Gasteiger partial charge in [0.25, 0.3) is 5.91 Å². The lowest BCUT2D eigenvalue weighted by Gasteiger charge is -2.12. The van der Waals surface area contributed by atoms with E-state index in [2.05, 4.69) is 16.0 Å². The highest BCUT2D eigenvalue weighted by Gasteiger charge is 2.21. The summed E-state index contributed by atoms with van der Waals surface area (Å²) in [5, 5.41) is 8.79. The van der Waals surface area contributed by atoms with Crippen molar-refractivity contribution in [3.8, 4) is 0 Å². The highest BCUT2D eigenvalue weighted by atomic mass is 19.1. The number of nitrogens with one attached hydrogen (secondary N) is 3. The third-order valence-electron chi connectivity index (χ3n) is 4.12. The Labute approximate surface area is 145 Å². The Kier molecular flexibility index (Phi) is 5.40. The van der Waals surface area contributed by atoms with E-state index in [9.17, 15) is 14.0 Å². The zero-order valence-electron chi connectivity index (χ0n) is 13.7. The fourth-order valence-electron chi connectivity index (χ4n) is 2.81. The zero-order chi connectivity index (χ0) is 17.6. The van der Waals surface area contributed by atoms with Gasteiger partial charge in [0.1, 0.15) is 5.82 Å². The lowest BCUT2D eigenvalue weighted by molar-refractivity contribution is -0.122. The van der Waals surface area contributed by atoms with Crippen molar-refractivity contribution in [3.63, 3.8) is 0 Å². The molecule has 1 aliphatic heterocycles. The number of halogens is 1. The van der Waals surface area contributed by atoms with Crippen molar-refractivity contribution in [1.82, 2.24) is 10.6 Å². The Hall–Kier alpha value is -2.73. The Morgan fingerprint density at radius 3 is 2.76 bits per heavy atom. The van der Waals surface area contributed by atoms with Crippen LogP contribution < -0.4 is 16.0 Å². The van der Waals surface area contributed by atoms with Crippen molar-refractivity contribution in [2.24, 2.45) is 0 Å². The summed E-state index contributed by atoms with van der Waals surface area (Å²) in [6.07, 6.45) is 1.87. The molecule has 2 aromatic rings. The van der Waals surface area contributed by atoms with E-state index in [0.717, 1.165) is 24.9 Å². The van der Waals surface area contributed by atoms with Crippen molar-refractivity contribution >= 4 is 17.5 Å². The Morgan fingerprint density at radius 1 is 1.16 bits per heavy atom. The molecule has 0 bridgehead atoms. The summed E-state index contributed by atoms with van der Waals surface area (Å²) in [6.45, 7) is 1.26. The molecule has 1 fully saturated rings. The molecule has 1 atom stereocenters. The van der Waals surface area contributed by atoms with Crippen LogP contribution in [0.15, 0.2) is 48.5 Å². The number of carbonyl (C=O) groups is 2. The summed E-state index contributed by atoms with van der Waals surface area (Å²) in [5.74, 6) is -0.841. The Morgan fingerprint density at radius 2 is 2.00 bits per heavy atom. The maximum Gasteiger partial charge on any atom is 0.255 e. The standard InChI is InChI=1S/C19H20FN3O2/c20-15-6-2-5-14(11-15)18(24)23-16-7-1-4-13(10-16)12-22-19(25)17-8-3-9-21-17/h1-2,4-7,10-11,17,21H,3,8-9,12H2,(H,22,25)(H,23,24). The lowest BCUT2D eigenvalue weighted by Crippen LogP contribution is -2.39. The molecule has 2 aromatic carbocycles. The first-order chi connectivity index (χ1) is 12.1. The third-order valence-corrected chi connectivity index (χ3v) is 4.12. The number of carbonyl (C=O) groups excluding carboxylic acids is 2. The fraction of sp³-hybridized carbons (Fsp3) is 0.263. The molecule has 0 aliphatic carbocycles. The summed E-state index contributed by atoms with van der Waals surface area (Å²) in [6, 6.07) is 12.6. The third kappa shape index (κ3) is 4.64. The van der Waals surface area contributed by atoms with E-state index in [1.165, 1.54) is 18.2 Å². The van der Waals surface area contributed by atoms with E-state index in [1.54, 1.807) is 24.3 Å². The van der Waals surface area contributed by atoms with Crippen LogP contribution in [0.4, 0.5) is 10.1 Å². The van der Waals surface area contributed by atoms with Gasteiger partial charge >= 0.3 is 0 Å². The van der Waals surface area contributed by atoms with E-state index < -0.39 is 5.82 Å². The molecule has 1 unspecified atom stereocenters. The SMILES string of the molecule is O=C(Nc1cccc(CNC(=O)C2CCCN2)c1)c1cccc(F)c1. The van der Waals surface area contributed by atoms with Crippen molar-refractivity contribution in [1.29, 1.82) is 0 Å². The van der Waals surface area contributed by atoms with E-state index >= 15 is 0 Å². The van der Waals surface area contributed by atoms with E-state index in [-0.39, 0.29) is 23.4 Å². The van der Waals surface area contributed by atoms with E-state index in [4.69, 9.17) is 0 Å². The van der Waals surface area contributed by atoms with Crippen LogP contribution in [0.3, 0.4) is 0 Å². The highest BCUT2D eigenvalue weighted by Crippen LogP contribution is 2.13. The number of amides is 2. The molecule has 6 heteroatoms. The van der Waals surface area contributed by atoms with Crippen molar-refractivity contribution in [2.75, 3.05) is 11.9 Å². The van der Waals surface area contributed by atoms with Crippen LogP contribution in [0.2, 0.25) is 0 Å². The van der Waals surface area contributed by atoms with Gasteiger partial charge in [-0.1, -0.05) is 18.2 Å². The predicted molar refractivity (Wildman–Crippen MR) is 93.7 cm³/mol. The fourth-order valence-corrected chi connectivity index (χ4v) is 2.81. The van der Waals surface area contributed by atoms with Crippen LogP contribution in [0.5, 0.6) is 0 Å². The van der Waals surface area contributed by atoms with Crippen molar-refractivity contribution in [3.05, 3.63) is 65.5 Å². The van der Waals surface area contributed by atoms with E-state index in [0.29, 0.717) is 12.2 Å². The molecule has 1 aliphatic rings. The zero-order valence-corrected chi connectivity index (χ0v) is 13.7. The molecule has 1 heterocycles. The number of anilines is 1. The Bertz CT molecular complexity index is 773. The van der Waals surface area contributed by atoms with Crippen LogP contribution in [0.25, 0.3) is 0 Å². The minimum atomic E-state index is -0.454. The smallest absolute Gasteiger partial charge is 0.255 e. The number of hydrogen-bond donors (Lipinski definition) is 3. The molecular weight excluding hydrogens is 321 g/mol. The van der Waals surface area contributed by atoms with Gasteiger partial charge in [0.15, 0.2) is 0 Å². The number of benzene rings is 2. The van der Waals surface area contributed by atoms with Gasteiger partial charge in [-0.25, -0.2) is 4.39 Å². The van der Waals surface area contributed by atoms with Crippen LogP contribution >= 0.6 is 0 Å². The molecule has 0 radical (unpaired) electrons. The topological polar surface area (TPSA) is 70.2 Å². The maximum atomic E-state index is 13.2. The molecular formula is C19H20FN3O2. The second kappa shape index (κ2) is 7.90. The van der Waals surface area contributed by atoms with Crippen molar-refractivity contribution in [2.45, 2.75) is 25.4 Å². The van der Waals surface area contributed by atoms with Gasteiger partial charge in [-0.15, -0.1) is 0 Å². The van der Waals surface area contributed by atoms with Gasteiger partial charge in [-0.3, -0.25) is 9.59 Å². The average Bonchev–Trinajstić information content (AvgIpc) is 3.15. The predicted octanol–water partition coefficient (Wildman–Crippen LogP) is 2.45. The molecule has 1 saturated heterocycles. The number of rotatable bonds is 5. The first-order valence-electron chi connectivity index (χ1n) is 8.29. The Balaban J connectivity index is 1.59. The number of hydrogen-bond acceptors (Lipinski definition) is 3. The summed E-state index contributed by atoms with van der Waals surface area (Å²) >= 11 is 0. The molecule has 3 N–H and O–H groups in total. The first kappa shape index (κ1) is 17.1.